The lowest BCUT2D eigenvalue weighted by Crippen LogP contribution is -2.35. The summed E-state index contributed by atoms with van der Waals surface area (Å²) in [5.41, 5.74) is 5.15. The van der Waals surface area contributed by atoms with Crippen LogP contribution in [-0.2, 0) is 14.6 Å². The van der Waals surface area contributed by atoms with Gasteiger partial charge in [-0.1, -0.05) is 6.92 Å². The molecule has 0 saturated heterocycles. The third kappa shape index (κ3) is 1.62. The van der Waals surface area contributed by atoms with Gasteiger partial charge in [0.15, 0.2) is 9.84 Å². The average molecular weight is 193 g/mol. The summed E-state index contributed by atoms with van der Waals surface area (Å²) in [5, 5.41) is -0.380. The van der Waals surface area contributed by atoms with Gasteiger partial charge in [-0.15, -0.1) is 0 Å². The number of methoxy groups -OCH3 is 1. The summed E-state index contributed by atoms with van der Waals surface area (Å²) in [6.07, 6.45) is 0.539. The molecule has 0 aliphatic heterocycles. The summed E-state index contributed by atoms with van der Waals surface area (Å²) < 4.78 is 27.5. The van der Waals surface area contributed by atoms with E-state index in [0.29, 0.717) is 13.0 Å². The van der Waals surface area contributed by atoms with Crippen molar-refractivity contribution in [3.05, 3.63) is 0 Å². The monoisotopic (exact) mass is 193 g/mol. The van der Waals surface area contributed by atoms with Crippen molar-refractivity contribution in [1.29, 1.82) is 0 Å². The fourth-order valence-electron chi connectivity index (χ4n) is 1.39. The van der Waals surface area contributed by atoms with Gasteiger partial charge >= 0.3 is 0 Å². The molecule has 1 saturated carbocycles. The van der Waals surface area contributed by atoms with Crippen LogP contribution in [0.3, 0.4) is 0 Å². The molecule has 0 aromatic carbocycles. The maximum atomic E-state index is 11.3. The zero-order chi connectivity index (χ0) is 9.41. The summed E-state index contributed by atoms with van der Waals surface area (Å²) in [6, 6.07) is 0. The Morgan fingerprint density at radius 2 is 2.25 bits per heavy atom. The first-order chi connectivity index (χ1) is 5.46. The molecule has 0 spiro atoms. The van der Waals surface area contributed by atoms with Crippen LogP contribution in [0.25, 0.3) is 0 Å². The molecule has 0 unspecified atom stereocenters. The fraction of sp³-hybridized carbons (Fsp3) is 1.00. The summed E-state index contributed by atoms with van der Waals surface area (Å²) in [7, 11) is -1.43. The molecule has 4 nitrogen and oxygen atoms in total. The molecule has 0 amide bonds. The second kappa shape index (κ2) is 2.97. The Labute approximate surface area is 73.0 Å². The summed E-state index contributed by atoms with van der Waals surface area (Å²) in [5.74, 6) is 0.167. The largest absolute Gasteiger partial charge is 0.383 e. The van der Waals surface area contributed by atoms with E-state index in [9.17, 15) is 8.42 Å². The normalized spacial score (nSPS) is 35.1. The smallest absolute Gasteiger partial charge is 0.154 e. The molecule has 72 valence electrons. The molecule has 1 aliphatic carbocycles. The quantitative estimate of drug-likeness (QED) is 0.656. The first-order valence-corrected chi connectivity index (χ1v) is 5.67. The van der Waals surface area contributed by atoms with Crippen molar-refractivity contribution in [2.24, 2.45) is 5.73 Å². The highest BCUT2D eigenvalue weighted by molar-refractivity contribution is 7.92. The Morgan fingerprint density at radius 1 is 1.67 bits per heavy atom. The standard InChI is InChI=1S/C7H15NO3S/c1-3-12(9,10)6-4-7(6,8)5-11-2/h6H,3-5,8H2,1-2H3/t6-,7+/m1/s1. The lowest BCUT2D eigenvalue weighted by atomic mass is 10.3. The number of nitrogens with two attached hydrogens (primary N) is 1. The Morgan fingerprint density at radius 3 is 2.67 bits per heavy atom. The van der Waals surface area contributed by atoms with Crippen LogP contribution in [0.5, 0.6) is 0 Å². The highest BCUT2D eigenvalue weighted by atomic mass is 32.2. The number of hydrogen-bond acceptors (Lipinski definition) is 4. The first kappa shape index (κ1) is 9.95. The molecule has 1 rings (SSSR count). The van der Waals surface area contributed by atoms with Gasteiger partial charge in [-0.25, -0.2) is 8.42 Å². The molecule has 0 heterocycles. The molecule has 0 aromatic rings. The predicted octanol–water partition coefficient (Wildman–Crippen LogP) is -0.463. The van der Waals surface area contributed by atoms with E-state index in [1.165, 1.54) is 7.11 Å². The number of ether oxygens (including phenoxy) is 1. The van der Waals surface area contributed by atoms with Gasteiger partial charge in [0.05, 0.1) is 17.4 Å². The van der Waals surface area contributed by atoms with Crippen LogP contribution in [0.1, 0.15) is 13.3 Å². The van der Waals surface area contributed by atoms with Gasteiger partial charge in [0, 0.05) is 12.9 Å². The molecule has 2 N–H and O–H groups in total. The van der Waals surface area contributed by atoms with Crippen LogP contribution in [0.2, 0.25) is 0 Å². The number of rotatable bonds is 4. The molecule has 5 heteroatoms. The zero-order valence-electron chi connectivity index (χ0n) is 7.41. The maximum absolute atomic E-state index is 11.3. The molecule has 2 atom stereocenters. The van der Waals surface area contributed by atoms with E-state index >= 15 is 0 Å². The van der Waals surface area contributed by atoms with Crippen LogP contribution in [0.4, 0.5) is 0 Å². The average Bonchev–Trinajstić information content (AvgIpc) is 2.64. The van der Waals surface area contributed by atoms with Gasteiger partial charge in [0.1, 0.15) is 0 Å². The van der Waals surface area contributed by atoms with Crippen LogP contribution >= 0.6 is 0 Å². The Balaban J connectivity index is 2.63. The molecule has 1 fully saturated rings. The molecule has 12 heavy (non-hydrogen) atoms. The summed E-state index contributed by atoms with van der Waals surface area (Å²) in [6.45, 7) is 1.97. The molecule has 0 radical (unpaired) electrons. The van der Waals surface area contributed by atoms with Crippen LogP contribution < -0.4 is 5.73 Å². The highest BCUT2D eigenvalue weighted by Gasteiger charge is 2.57. The van der Waals surface area contributed by atoms with Gasteiger partial charge in [-0.05, 0) is 6.42 Å². The third-order valence-corrected chi connectivity index (χ3v) is 4.60. The maximum Gasteiger partial charge on any atom is 0.154 e. The van der Waals surface area contributed by atoms with E-state index in [-0.39, 0.29) is 11.0 Å². The fourth-order valence-corrected chi connectivity index (χ4v) is 3.14. The molecule has 0 aromatic heterocycles. The van der Waals surface area contributed by atoms with Gasteiger partial charge in [-0.3, -0.25) is 0 Å². The Bertz CT molecular complexity index is 262. The van der Waals surface area contributed by atoms with Crippen LogP contribution in [0, 0.1) is 0 Å². The van der Waals surface area contributed by atoms with Crippen molar-refractivity contribution < 1.29 is 13.2 Å². The van der Waals surface area contributed by atoms with E-state index in [2.05, 4.69) is 0 Å². The zero-order valence-corrected chi connectivity index (χ0v) is 8.23. The predicted molar refractivity (Wildman–Crippen MR) is 46.7 cm³/mol. The van der Waals surface area contributed by atoms with Crippen molar-refractivity contribution in [2.75, 3.05) is 19.5 Å². The van der Waals surface area contributed by atoms with Crippen LogP contribution in [0.15, 0.2) is 0 Å². The highest BCUT2D eigenvalue weighted by Crippen LogP contribution is 2.39. The van der Waals surface area contributed by atoms with Crippen molar-refractivity contribution >= 4 is 9.84 Å². The summed E-state index contributed by atoms with van der Waals surface area (Å²) in [4.78, 5) is 0. The number of sulfone groups is 1. The minimum atomic E-state index is -2.96. The van der Waals surface area contributed by atoms with Gasteiger partial charge < -0.3 is 10.5 Å². The van der Waals surface area contributed by atoms with Crippen molar-refractivity contribution in [2.45, 2.75) is 24.1 Å². The van der Waals surface area contributed by atoms with Gasteiger partial charge in [-0.2, -0.15) is 0 Å². The first-order valence-electron chi connectivity index (χ1n) is 3.95. The van der Waals surface area contributed by atoms with Gasteiger partial charge in [0.25, 0.3) is 0 Å². The second-order valence-corrected chi connectivity index (χ2v) is 5.78. The molecule has 0 bridgehead atoms. The minimum absolute atomic E-state index is 0.167. The van der Waals surface area contributed by atoms with Gasteiger partial charge in [0.2, 0.25) is 0 Å². The number of hydrogen-bond donors (Lipinski definition) is 1. The van der Waals surface area contributed by atoms with Crippen molar-refractivity contribution in [3.8, 4) is 0 Å². The summed E-state index contributed by atoms with van der Waals surface area (Å²) >= 11 is 0. The SMILES string of the molecule is CCS(=O)(=O)[C@@H]1C[C@]1(N)COC. The molecular weight excluding hydrogens is 178 g/mol. The van der Waals surface area contributed by atoms with E-state index in [1.54, 1.807) is 6.92 Å². The topological polar surface area (TPSA) is 69.4 Å². The lowest BCUT2D eigenvalue weighted by molar-refractivity contribution is 0.173. The van der Waals surface area contributed by atoms with E-state index in [1.807, 2.05) is 0 Å². The van der Waals surface area contributed by atoms with Crippen LogP contribution in [-0.4, -0.2) is 38.7 Å². The Hall–Kier alpha value is -0.130. The second-order valence-electron chi connectivity index (χ2n) is 3.31. The molecule has 1 aliphatic rings. The lowest BCUT2D eigenvalue weighted by Gasteiger charge is -2.08. The minimum Gasteiger partial charge on any atom is -0.383 e. The van der Waals surface area contributed by atoms with E-state index in [4.69, 9.17) is 10.5 Å². The Kier molecular flexibility index (Phi) is 2.47. The van der Waals surface area contributed by atoms with E-state index < -0.39 is 15.4 Å². The van der Waals surface area contributed by atoms with Crippen molar-refractivity contribution in [1.82, 2.24) is 0 Å². The third-order valence-electron chi connectivity index (χ3n) is 2.30. The van der Waals surface area contributed by atoms with E-state index in [0.717, 1.165) is 0 Å². The molecular formula is C7H15NO3S. The van der Waals surface area contributed by atoms with Crippen molar-refractivity contribution in [3.63, 3.8) is 0 Å².